The van der Waals surface area contributed by atoms with Crippen molar-refractivity contribution in [3.63, 3.8) is 0 Å². The Hall–Kier alpha value is -3.12. The molecule has 0 saturated carbocycles. The summed E-state index contributed by atoms with van der Waals surface area (Å²) in [6, 6.07) is 4.42. The predicted molar refractivity (Wildman–Crippen MR) is 122 cm³/mol. The van der Waals surface area contributed by atoms with Gasteiger partial charge in [-0.05, 0) is 25.1 Å². The summed E-state index contributed by atoms with van der Waals surface area (Å²) in [5, 5.41) is 12.3. The lowest BCUT2D eigenvalue weighted by Crippen LogP contribution is -2.44. The quantitative estimate of drug-likeness (QED) is 0.505. The highest BCUT2D eigenvalue weighted by atomic mass is 35.5. The average molecular weight is 542 g/mol. The van der Waals surface area contributed by atoms with E-state index in [1.54, 1.807) is 21.7 Å². The summed E-state index contributed by atoms with van der Waals surface area (Å²) in [5.74, 6) is -0.744. The molecule has 2 amide bonds. The zero-order valence-corrected chi connectivity index (χ0v) is 20.7. The lowest BCUT2D eigenvalue weighted by molar-refractivity contribution is -0.144. The van der Waals surface area contributed by atoms with Crippen LogP contribution >= 0.6 is 23.2 Å². The normalized spacial score (nSPS) is 17.9. The molecule has 0 fully saturated rings. The van der Waals surface area contributed by atoms with Crippen LogP contribution in [0.15, 0.2) is 18.2 Å². The number of halogens is 5. The van der Waals surface area contributed by atoms with Crippen LogP contribution in [-0.4, -0.2) is 59.0 Å². The summed E-state index contributed by atoms with van der Waals surface area (Å²) >= 11 is 12.1. The van der Waals surface area contributed by atoms with Gasteiger partial charge in [0.25, 0.3) is 11.8 Å². The van der Waals surface area contributed by atoms with Gasteiger partial charge in [0.15, 0.2) is 5.69 Å². The van der Waals surface area contributed by atoms with Gasteiger partial charge < -0.3 is 9.80 Å². The Labute approximate surface area is 213 Å². The Morgan fingerprint density at radius 2 is 1.94 bits per heavy atom. The molecule has 2 aliphatic rings. The van der Waals surface area contributed by atoms with Gasteiger partial charge in [0, 0.05) is 37.2 Å². The molecule has 0 unspecified atom stereocenters. The molecule has 0 bridgehead atoms. The third-order valence-electron chi connectivity index (χ3n) is 6.49. The van der Waals surface area contributed by atoms with Crippen molar-refractivity contribution < 1.29 is 22.8 Å². The highest BCUT2D eigenvalue weighted by Gasteiger charge is 2.41. The molecule has 2 aromatic heterocycles. The second-order valence-electron chi connectivity index (χ2n) is 8.84. The molecule has 2 aliphatic heterocycles. The molecule has 3 aromatic rings. The van der Waals surface area contributed by atoms with E-state index in [2.05, 4.69) is 15.4 Å². The minimum Gasteiger partial charge on any atom is -0.331 e. The van der Waals surface area contributed by atoms with Crippen molar-refractivity contribution in [3.8, 4) is 0 Å². The van der Waals surface area contributed by atoms with E-state index < -0.39 is 17.8 Å². The molecule has 36 heavy (non-hydrogen) atoms. The smallest absolute Gasteiger partial charge is 0.331 e. The van der Waals surface area contributed by atoms with E-state index >= 15 is 0 Å². The lowest BCUT2D eigenvalue weighted by Gasteiger charge is -2.34. The molecule has 0 spiro atoms. The van der Waals surface area contributed by atoms with Gasteiger partial charge in [0.1, 0.15) is 11.4 Å². The van der Waals surface area contributed by atoms with Crippen molar-refractivity contribution in [2.24, 2.45) is 7.05 Å². The fraction of sp³-hybridized carbons (Fsp3) is 0.409. The molecular weight excluding hydrogens is 522 g/mol. The average Bonchev–Trinajstić information content (AvgIpc) is 3.36. The number of amides is 2. The van der Waals surface area contributed by atoms with E-state index in [9.17, 15) is 22.8 Å². The van der Waals surface area contributed by atoms with Gasteiger partial charge in [0.2, 0.25) is 0 Å². The van der Waals surface area contributed by atoms with Gasteiger partial charge >= 0.3 is 6.18 Å². The topological polar surface area (TPSA) is 89.2 Å². The van der Waals surface area contributed by atoms with Gasteiger partial charge in [-0.15, -0.1) is 5.10 Å². The van der Waals surface area contributed by atoms with Gasteiger partial charge in [-0.3, -0.25) is 14.3 Å². The van der Waals surface area contributed by atoms with E-state index in [4.69, 9.17) is 23.2 Å². The van der Waals surface area contributed by atoms with Crippen LogP contribution in [0.4, 0.5) is 13.2 Å². The molecule has 4 heterocycles. The van der Waals surface area contributed by atoms with E-state index in [1.165, 1.54) is 11.0 Å². The maximum atomic E-state index is 13.5. The predicted octanol–water partition coefficient (Wildman–Crippen LogP) is 3.58. The SMILES string of the molecule is C[C@@H]1Cc2nn3c(c2CN1C(=O)c1ccc(Cl)c(Cl)c1)C(=O)N(Cc1nnn(C)c1C(F)(F)F)CC3. The number of benzene rings is 1. The van der Waals surface area contributed by atoms with E-state index in [0.717, 1.165) is 7.05 Å². The largest absolute Gasteiger partial charge is 0.434 e. The van der Waals surface area contributed by atoms with Crippen LogP contribution in [0.1, 0.15) is 50.4 Å². The van der Waals surface area contributed by atoms with Gasteiger partial charge in [0.05, 0.1) is 35.4 Å². The lowest BCUT2D eigenvalue weighted by atomic mass is 9.97. The van der Waals surface area contributed by atoms with Crippen LogP contribution in [0.2, 0.25) is 10.0 Å². The first-order valence-corrected chi connectivity index (χ1v) is 11.8. The zero-order chi connectivity index (χ0) is 25.9. The second-order valence-corrected chi connectivity index (χ2v) is 9.66. The van der Waals surface area contributed by atoms with Crippen LogP contribution in [0, 0.1) is 0 Å². The molecule has 0 radical (unpaired) electrons. The number of aryl methyl sites for hydroxylation is 1. The van der Waals surface area contributed by atoms with E-state index in [1.807, 2.05) is 6.92 Å². The van der Waals surface area contributed by atoms with Gasteiger partial charge in [-0.2, -0.15) is 18.3 Å². The third kappa shape index (κ3) is 4.11. The number of nitrogens with zero attached hydrogens (tertiary/aromatic N) is 7. The Kier molecular flexibility index (Phi) is 5.98. The van der Waals surface area contributed by atoms with Crippen molar-refractivity contribution in [1.82, 2.24) is 34.6 Å². The number of aromatic nitrogens is 5. The Morgan fingerprint density at radius 1 is 1.19 bits per heavy atom. The minimum absolute atomic E-state index is 0.128. The van der Waals surface area contributed by atoms with Gasteiger partial charge in [-0.1, -0.05) is 28.4 Å². The Bertz CT molecular complexity index is 1380. The summed E-state index contributed by atoms with van der Waals surface area (Å²) in [7, 11) is 1.16. The second kappa shape index (κ2) is 8.77. The summed E-state index contributed by atoms with van der Waals surface area (Å²) in [5.41, 5.74) is 0.588. The maximum absolute atomic E-state index is 13.5. The number of rotatable bonds is 3. The first-order valence-electron chi connectivity index (χ1n) is 11.0. The highest BCUT2D eigenvalue weighted by Crippen LogP contribution is 2.33. The fourth-order valence-corrected chi connectivity index (χ4v) is 5.01. The van der Waals surface area contributed by atoms with Crippen LogP contribution in [-0.2, 0) is 39.3 Å². The van der Waals surface area contributed by atoms with Gasteiger partial charge in [-0.25, -0.2) is 4.68 Å². The summed E-state index contributed by atoms with van der Waals surface area (Å²) in [4.78, 5) is 29.6. The summed E-state index contributed by atoms with van der Waals surface area (Å²) in [6.45, 7) is 2.15. The Morgan fingerprint density at radius 3 is 2.64 bits per heavy atom. The van der Waals surface area contributed by atoms with E-state index in [0.29, 0.717) is 39.5 Å². The molecular formula is C22H20Cl2F3N7O2. The number of carbonyl (C=O) groups excluding carboxylic acids is 2. The molecule has 0 aliphatic carbocycles. The monoisotopic (exact) mass is 541 g/mol. The van der Waals surface area contributed by atoms with Crippen LogP contribution in [0.5, 0.6) is 0 Å². The Balaban J connectivity index is 1.43. The van der Waals surface area contributed by atoms with Crippen molar-refractivity contribution >= 4 is 35.0 Å². The van der Waals surface area contributed by atoms with Crippen LogP contribution in [0.25, 0.3) is 0 Å². The van der Waals surface area contributed by atoms with Crippen LogP contribution < -0.4 is 0 Å². The number of fused-ring (bicyclic) bond motifs is 3. The summed E-state index contributed by atoms with van der Waals surface area (Å²) in [6.07, 6.45) is -4.23. The highest BCUT2D eigenvalue weighted by molar-refractivity contribution is 6.42. The molecule has 14 heteroatoms. The first-order chi connectivity index (χ1) is 17.0. The molecule has 0 saturated heterocycles. The van der Waals surface area contributed by atoms with Crippen molar-refractivity contribution in [2.75, 3.05) is 6.54 Å². The maximum Gasteiger partial charge on any atom is 0.434 e. The molecule has 5 rings (SSSR count). The zero-order valence-electron chi connectivity index (χ0n) is 19.2. The molecule has 1 aromatic carbocycles. The van der Waals surface area contributed by atoms with Crippen molar-refractivity contribution in [2.45, 2.75) is 45.2 Å². The number of alkyl halides is 3. The standard InChI is InChI=1S/C22H20Cl2F3N7O2/c1-11-7-16-13(9-33(11)20(35)12-3-4-14(23)15(24)8-12)18-21(36)32(5-6-34(18)29-16)10-17-19(22(25,26)27)31(2)30-28-17/h3-4,8,11H,5-7,9-10H2,1-2H3/t11-/m1/s1. The van der Waals surface area contributed by atoms with Crippen molar-refractivity contribution in [3.05, 3.63) is 62.1 Å². The van der Waals surface area contributed by atoms with Crippen molar-refractivity contribution in [1.29, 1.82) is 0 Å². The summed E-state index contributed by atoms with van der Waals surface area (Å²) < 4.78 is 42.7. The molecule has 190 valence electrons. The molecule has 1 atom stereocenters. The number of carbonyl (C=O) groups is 2. The molecule has 9 nitrogen and oxygen atoms in total. The van der Waals surface area contributed by atoms with E-state index in [-0.39, 0.29) is 48.0 Å². The fourth-order valence-electron chi connectivity index (χ4n) is 4.72. The minimum atomic E-state index is -4.66. The first kappa shape index (κ1) is 24.6. The van der Waals surface area contributed by atoms with Crippen LogP contribution in [0.3, 0.4) is 0 Å². The molecule has 0 N–H and O–H groups in total. The number of hydrogen-bond acceptors (Lipinski definition) is 5. The number of hydrogen-bond donors (Lipinski definition) is 0. The third-order valence-corrected chi connectivity index (χ3v) is 7.23.